The van der Waals surface area contributed by atoms with Crippen molar-refractivity contribution in [1.82, 2.24) is 0 Å². The number of carboxylic acids is 1. The van der Waals surface area contributed by atoms with E-state index < -0.39 is 5.97 Å². The summed E-state index contributed by atoms with van der Waals surface area (Å²) in [5.41, 5.74) is 3.56. The highest BCUT2D eigenvalue weighted by molar-refractivity contribution is 9.10. The van der Waals surface area contributed by atoms with Crippen molar-refractivity contribution in [2.24, 2.45) is 0 Å². The first kappa shape index (κ1) is 19.9. The number of carbonyl (C=O) groups is 1. The second-order valence-electron chi connectivity index (χ2n) is 5.94. The summed E-state index contributed by atoms with van der Waals surface area (Å²) in [5.74, 6) is -0.943. The molecule has 2 nitrogen and oxygen atoms in total. The Balaban J connectivity index is 2.19. The van der Waals surface area contributed by atoms with Crippen LogP contribution in [0.5, 0.6) is 0 Å². The summed E-state index contributed by atoms with van der Waals surface area (Å²) in [6.07, 6.45) is 0. The molecule has 0 atom stereocenters. The SMILES string of the molecule is Cc1ccc(SC(C(=O)O)=C(c2ccc(Br)cc2)c2ccc(Br)cc2)cc1. The maximum absolute atomic E-state index is 12.2. The van der Waals surface area contributed by atoms with Crippen LogP contribution < -0.4 is 0 Å². The third kappa shape index (κ3) is 5.12. The predicted molar refractivity (Wildman–Crippen MR) is 119 cm³/mol. The van der Waals surface area contributed by atoms with Gasteiger partial charge in [0.1, 0.15) is 4.91 Å². The normalized spacial score (nSPS) is 10.5. The predicted octanol–water partition coefficient (Wildman–Crippen LogP) is 7.16. The molecule has 5 heteroatoms. The average Bonchev–Trinajstić information content (AvgIpc) is 2.65. The maximum Gasteiger partial charge on any atom is 0.343 e. The van der Waals surface area contributed by atoms with E-state index in [1.807, 2.05) is 79.7 Å². The largest absolute Gasteiger partial charge is 0.477 e. The Bertz CT molecular complexity index is 929. The first-order valence-corrected chi connectivity index (χ1v) is 10.6. The third-order valence-electron chi connectivity index (χ3n) is 3.93. The molecule has 1 N–H and O–H groups in total. The highest BCUT2D eigenvalue weighted by atomic mass is 79.9. The minimum atomic E-state index is -0.943. The zero-order chi connectivity index (χ0) is 19.4. The van der Waals surface area contributed by atoms with Gasteiger partial charge in [0, 0.05) is 19.4 Å². The molecule has 0 radical (unpaired) electrons. The standard InChI is InChI=1S/C22H16Br2O2S/c1-14-2-12-19(13-3-14)27-21(22(25)26)20(15-4-8-17(23)9-5-15)16-6-10-18(24)11-7-16/h2-13H,1H3,(H,25,26). The molecule has 136 valence electrons. The molecule has 0 fully saturated rings. The first-order chi connectivity index (χ1) is 12.9. The van der Waals surface area contributed by atoms with Crippen LogP contribution in [0.15, 0.2) is 91.5 Å². The van der Waals surface area contributed by atoms with Gasteiger partial charge in [0.2, 0.25) is 0 Å². The van der Waals surface area contributed by atoms with Gasteiger partial charge in [-0.1, -0.05) is 85.6 Å². The molecular formula is C22H16Br2O2S. The summed E-state index contributed by atoms with van der Waals surface area (Å²) in [5, 5.41) is 9.99. The van der Waals surface area contributed by atoms with E-state index in [1.54, 1.807) is 0 Å². The van der Waals surface area contributed by atoms with E-state index in [4.69, 9.17) is 0 Å². The van der Waals surface area contributed by atoms with Crippen molar-refractivity contribution in [1.29, 1.82) is 0 Å². The van der Waals surface area contributed by atoms with Crippen LogP contribution in [0, 0.1) is 6.92 Å². The third-order valence-corrected chi connectivity index (χ3v) is 6.08. The fourth-order valence-electron chi connectivity index (χ4n) is 2.59. The van der Waals surface area contributed by atoms with Gasteiger partial charge in [-0.3, -0.25) is 0 Å². The highest BCUT2D eigenvalue weighted by Gasteiger charge is 2.19. The molecule has 27 heavy (non-hydrogen) atoms. The molecular weight excluding hydrogens is 488 g/mol. The van der Waals surface area contributed by atoms with Crippen molar-refractivity contribution < 1.29 is 9.90 Å². The smallest absolute Gasteiger partial charge is 0.343 e. The summed E-state index contributed by atoms with van der Waals surface area (Å²) in [4.78, 5) is 13.4. The van der Waals surface area contributed by atoms with E-state index in [9.17, 15) is 9.90 Å². The van der Waals surface area contributed by atoms with Gasteiger partial charge in [0.15, 0.2) is 0 Å². The van der Waals surface area contributed by atoms with Gasteiger partial charge in [-0.25, -0.2) is 4.79 Å². The number of aryl methyl sites for hydroxylation is 1. The average molecular weight is 504 g/mol. The Hall–Kier alpha value is -1.82. The van der Waals surface area contributed by atoms with Crippen LogP contribution in [-0.2, 0) is 4.79 Å². The van der Waals surface area contributed by atoms with Crippen molar-refractivity contribution >= 4 is 55.2 Å². The summed E-state index contributed by atoms with van der Waals surface area (Å²) >= 11 is 8.15. The molecule has 0 aliphatic heterocycles. The lowest BCUT2D eigenvalue weighted by molar-refractivity contribution is -0.131. The van der Waals surface area contributed by atoms with E-state index >= 15 is 0 Å². The minimum Gasteiger partial charge on any atom is -0.477 e. The number of rotatable bonds is 5. The molecule has 0 aliphatic carbocycles. The van der Waals surface area contributed by atoms with Gasteiger partial charge < -0.3 is 5.11 Å². The molecule has 3 aromatic rings. The number of benzene rings is 3. The molecule has 0 spiro atoms. The van der Waals surface area contributed by atoms with Gasteiger partial charge in [-0.05, 0) is 54.4 Å². The van der Waals surface area contributed by atoms with Gasteiger partial charge in [-0.15, -0.1) is 0 Å². The summed E-state index contributed by atoms with van der Waals surface area (Å²) in [6.45, 7) is 2.01. The zero-order valence-corrected chi connectivity index (χ0v) is 18.4. The summed E-state index contributed by atoms with van der Waals surface area (Å²) in [6, 6.07) is 23.3. The monoisotopic (exact) mass is 502 g/mol. The lowest BCUT2D eigenvalue weighted by Gasteiger charge is -2.14. The number of carboxylic acid groups (broad SMARTS) is 1. The summed E-state index contributed by atoms with van der Waals surface area (Å²) < 4.78 is 1.90. The van der Waals surface area contributed by atoms with E-state index in [2.05, 4.69) is 31.9 Å². The van der Waals surface area contributed by atoms with Crippen molar-refractivity contribution in [3.63, 3.8) is 0 Å². The van der Waals surface area contributed by atoms with Crippen LogP contribution in [0.25, 0.3) is 5.57 Å². The van der Waals surface area contributed by atoms with Gasteiger partial charge in [-0.2, -0.15) is 0 Å². The Morgan fingerprint density at radius 1 is 0.778 bits per heavy atom. The maximum atomic E-state index is 12.2. The molecule has 0 amide bonds. The molecule has 0 heterocycles. The number of hydrogen-bond acceptors (Lipinski definition) is 2. The molecule has 3 aromatic carbocycles. The van der Waals surface area contributed by atoms with Crippen LogP contribution in [-0.4, -0.2) is 11.1 Å². The second kappa shape index (κ2) is 8.91. The number of thioether (sulfide) groups is 1. The van der Waals surface area contributed by atoms with E-state index in [0.29, 0.717) is 10.5 Å². The zero-order valence-electron chi connectivity index (χ0n) is 14.4. The number of aliphatic carboxylic acids is 1. The fraction of sp³-hybridized carbons (Fsp3) is 0.0455. The molecule has 0 aromatic heterocycles. The van der Waals surface area contributed by atoms with Crippen molar-refractivity contribution in [3.8, 4) is 0 Å². The molecule has 0 aliphatic rings. The van der Waals surface area contributed by atoms with Gasteiger partial charge in [0.25, 0.3) is 0 Å². The lowest BCUT2D eigenvalue weighted by Crippen LogP contribution is -2.03. The van der Waals surface area contributed by atoms with Crippen LogP contribution in [0.3, 0.4) is 0 Å². The molecule has 0 unspecified atom stereocenters. The van der Waals surface area contributed by atoms with Crippen molar-refractivity contribution in [2.45, 2.75) is 11.8 Å². The quantitative estimate of drug-likeness (QED) is 0.296. The minimum absolute atomic E-state index is 0.295. The van der Waals surface area contributed by atoms with Crippen LogP contribution >= 0.6 is 43.6 Å². The molecule has 0 saturated heterocycles. The Labute approximate surface area is 179 Å². The van der Waals surface area contributed by atoms with E-state index in [0.717, 1.165) is 30.5 Å². The van der Waals surface area contributed by atoms with Crippen LogP contribution in [0.4, 0.5) is 0 Å². The van der Waals surface area contributed by atoms with E-state index in [-0.39, 0.29) is 0 Å². The molecule has 3 rings (SSSR count). The van der Waals surface area contributed by atoms with Gasteiger partial charge >= 0.3 is 5.97 Å². The van der Waals surface area contributed by atoms with Crippen LogP contribution in [0.1, 0.15) is 16.7 Å². The van der Waals surface area contributed by atoms with E-state index in [1.165, 1.54) is 11.8 Å². The number of hydrogen-bond donors (Lipinski definition) is 1. The molecule has 0 saturated carbocycles. The fourth-order valence-corrected chi connectivity index (χ4v) is 4.05. The first-order valence-electron chi connectivity index (χ1n) is 8.18. The second-order valence-corrected chi connectivity index (χ2v) is 8.85. The van der Waals surface area contributed by atoms with Crippen LogP contribution in [0.2, 0.25) is 0 Å². The topological polar surface area (TPSA) is 37.3 Å². The highest BCUT2D eigenvalue weighted by Crippen LogP contribution is 2.37. The lowest BCUT2D eigenvalue weighted by atomic mass is 9.97. The number of halogens is 2. The Kier molecular flexibility index (Phi) is 6.58. The van der Waals surface area contributed by atoms with Gasteiger partial charge in [0.05, 0.1) is 0 Å². The summed E-state index contributed by atoms with van der Waals surface area (Å²) in [7, 11) is 0. The van der Waals surface area contributed by atoms with Crippen molar-refractivity contribution in [2.75, 3.05) is 0 Å². The Morgan fingerprint density at radius 3 is 1.63 bits per heavy atom. The van der Waals surface area contributed by atoms with Crippen molar-refractivity contribution in [3.05, 3.63) is 103 Å². The molecule has 0 bridgehead atoms. The Morgan fingerprint density at radius 2 is 1.22 bits per heavy atom.